The van der Waals surface area contributed by atoms with E-state index in [-0.39, 0.29) is 55.2 Å². The van der Waals surface area contributed by atoms with Crippen LogP contribution in [0.2, 0.25) is 10.0 Å². The fraction of sp³-hybridized carbons (Fsp3) is 0.148. The number of aromatic nitrogens is 5. The van der Waals surface area contributed by atoms with Crippen LogP contribution in [0.15, 0.2) is 55.0 Å². The number of hydrogen-bond donors (Lipinski definition) is 2. The molecule has 8 nitrogen and oxygen atoms in total. The smallest absolute Gasteiger partial charge is 0.212 e. The van der Waals surface area contributed by atoms with E-state index < -0.39 is 29.3 Å². The highest BCUT2D eigenvalue weighted by molar-refractivity contribution is 6.36. The maximum absolute atomic E-state index is 14.8. The van der Waals surface area contributed by atoms with Gasteiger partial charge in [0.25, 0.3) is 0 Å². The molecule has 13 heteroatoms. The Morgan fingerprint density at radius 2 is 1.88 bits per heavy atom. The molecule has 3 aromatic heterocycles. The van der Waals surface area contributed by atoms with Crippen molar-refractivity contribution in [2.75, 3.05) is 10.6 Å². The number of rotatable bonds is 7. The molecule has 2 aromatic carbocycles. The van der Waals surface area contributed by atoms with Crippen molar-refractivity contribution < 1.29 is 14.5 Å². The van der Waals surface area contributed by atoms with Crippen LogP contribution in [0.5, 0.6) is 0 Å². The van der Waals surface area contributed by atoms with Crippen LogP contribution in [0, 0.1) is 28.9 Å². The van der Waals surface area contributed by atoms with E-state index in [1.165, 1.54) is 30.6 Å². The van der Waals surface area contributed by atoms with Gasteiger partial charge < -0.3 is 10.6 Å². The molecule has 1 saturated carbocycles. The van der Waals surface area contributed by atoms with E-state index >= 15 is 0 Å². The maximum Gasteiger partial charge on any atom is 0.212 e. The predicted molar refractivity (Wildman–Crippen MR) is 144 cm³/mol. The summed E-state index contributed by atoms with van der Waals surface area (Å²) in [5.41, 5.74) is 0.358. The second-order valence-electron chi connectivity index (χ2n) is 9.04. The van der Waals surface area contributed by atoms with Gasteiger partial charge in [0.2, 0.25) is 5.95 Å². The van der Waals surface area contributed by atoms with Gasteiger partial charge in [-0.15, -0.1) is 5.10 Å². The highest BCUT2D eigenvalue weighted by Crippen LogP contribution is 2.39. The summed E-state index contributed by atoms with van der Waals surface area (Å²) in [7, 11) is 0. The second-order valence-corrected chi connectivity index (χ2v) is 9.86. The van der Waals surface area contributed by atoms with Gasteiger partial charge in [-0.2, -0.15) is 9.65 Å². The third-order valence-electron chi connectivity index (χ3n) is 6.31. The average Bonchev–Trinajstić information content (AvgIpc) is 3.69. The zero-order valence-corrected chi connectivity index (χ0v) is 21.8. The topological polar surface area (TPSA) is 104 Å². The first-order valence-electron chi connectivity index (χ1n) is 12.4. The number of hydrogen-bond acceptors (Lipinski definition) is 7. The van der Waals surface area contributed by atoms with Crippen LogP contribution in [0.3, 0.4) is 0 Å². The molecule has 5 aromatic rings. The van der Waals surface area contributed by atoms with E-state index in [0.29, 0.717) is 0 Å². The van der Waals surface area contributed by atoms with Crippen molar-refractivity contribution in [3.63, 3.8) is 0 Å². The molecule has 0 amide bonds. The molecule has 3 heterocycles. The molecule has 0 spiro atoms. The van der Waals surface area contributed by atoms with Gasteiger partial charge in [0.1, 0.15) is 23.3 Å². The minimum atomic E-state index is -1.82. The van der Waals surface area contributed by atoms with Crippen LogP contribution < -0.4 is 10.6 Å². The van der Waals surface area contributed by atoms with Gasteiger partial charge in [0, 0.05) is 23.5 Å². The molecular formula is C27H17Cl2F3N8. The molecule has 0 unspecified atom stereocenters. The van der Waals surface area contributed by atoms with Crippen LogP contribution in [0.1, 0.15) is 43.1 Å². The summed E-state index contributed by atoms with van der Waals surface area (Å²) < 4.78 is 54.2. The number of anilines is 3. The van der Waals surface area contributed by atoms with Gasteiger partial charge in [-0.3, -0.25) is 4.98 Å². The Morgan fingerprint density at radius 3 is 2.60 bits per heavy atom. The summed E-state index contributed by atoms with van der Waals surface area (Å²) in [4.78, 5) is 7.95. The molecule has 6 rings (SSSR count). The van der Waals surface area contributed by atoms with Crippen molar-refractivity contribution in [1.82, 2.24) is 25.0 Å². The minimum absolute atomic E-state index is 0.0156. The lowest BCUT2D eigenvalue weighted by molar-refractivity contribution is 0.581. The molecule has 1 fully saturated rings. The lowest BCUT2D eigenvalue weighted by atomic mass is 10.0. The van der Waals surface area contributed by atoms with Crippen molar-refractivity contribution in [2.24, 2.45) is 0 Å². The Labute approximate surface area is 236 Å². The average molecular weight is 582 g/mol. The van der Waals surface area contributed by atoms with E-state index in [9.17, 15) is 19.8 Å². The standard InChI is InChI=1S/C27H17Cl2F3N8/c28-18-4-5-20(30)27(23(18)32)37-24-14(9-33)11-35-26-17(24)7-15(8-19(26)29)36-25(13-1-6-22(31)34-10-13)21-12-40(39-38-21)16-2-3-16/h1,4-8,10-12,16,25,36H,2-3H2,(H,35,37)/t25-/m0/s1/i25D. The minimum Gasteiger partial charge on any atom is -0.373 e. The quantitative estimate of drug-likeness (QED) is 0.156. The molecule has 200 valence electrons. The zero-order chi connectivity index (χ0) is 28.9. The predicted octanol–water partition coefficient (Wildman–Crippen LogP) is 7.10. The Bertz CT molecular complexity index is 1860. The summed E-state index contributed by atoms with van der Waals surface area (Å²) in [6.45, 7) is 0. The number of nitrogens with zero attached hydrogens (tertiary/aromatic N) is 6. The Hall–Kier alpha value is -4.40. The van der Waals surface area contributed by atoms with E-state index in [1.54, 1.807) is 10.9 Å². The summed E-state index contributed by atoms with van der Waals surface area (Å²) in [6, 6.07) is 7.93. The van der Waals surface area contributed by atoms with Crippen molar-refractivity contribution in [3.8, 4) is 6.07 Å². The number of nitrogens with one attached hydrogen (secondary N) is 2. The molecule has 0 aliphatic heterocycles. The highest BCUT2D eigenvalue weighted by atomic mass is 35.5. The summed E-state index contributed by atoms with van der Waals surface area (Å²) in [5.74, 6) is -2.71. The summed E-state index contributed by atoms with van der Waals surface area (Å²) in [5, 5.41) is 23.9. The third-order valence-corrected chi connectivity index (χ3v) is 6.89. The lowest BCUT2D eigenvalue weighted by Gasteiger charge is -2.20. The summed E-state index contributed by atoms with van der Waals surface area (Å²) >= 11 is 12.4. The van der Waals surface area contributed by atoms with Crippen LogP contribution in [-0.2, 0) is 0 Å². The number of halogens is 5. The van der Waals surface area contributed by atoms with Gasteiger partial charge in [0.05, 0.1) is 46.4 Å². The van der Waals surface area contributed by atoms with Gasteiger partial charge in [-0.05, 0) is 48.7 Å². The van der Waals surface area contributed by atoms with Crippen LogP contribution in [0.25, 0.3) is 10.9 Å². The van der Waals surface area contributed by atoms with Gasteiger partial charge >= 0.3 is 0 Å². The van der Waals surface area contributed by atoms with Gasteiger partial charge in [-0.1, -0.05) is 34.5 Å². The molecular weight excluding hydrogens is 564 g/mol. The number of benzene rings is 2. The van der Waals surface area contributed by atoms with E-state index in [2.05, 4.69) is 30.9 Å². The molecule has 0 bridgehead atoms. The van der Waals surface area contributed by atoms with Gasteiger partial charge in [0.15, 0.2) is 5.82 Å². The second kappa shape index (κ2) is 10.3. The molecule has 2 N–H and O–H groups in total. The van der Waals surface area contributed by atoms with Crippen molar-refractivity contribution >= 4 is 51.2 Å². The first-order valence-corrected chi connectivity index (χ1v) is 12.7. The third kappa shape index (κ3) is 4.87. The first kappa shape index (κ1) is 24.6. The Kier molecular flexibility index (Phi) is 6.34. The van der Waals surface area contributed by atoms with Gasteiger partial charge in [-0.25, -0.2) is 18.4 Å². The van der Waals surface area contributed by atoms with Crippen molar-refractivity contribution in [3.05, 3.63) is 99.4 Å². The fourth-order valence-electron chi connectivity index (χ4n) is 4.18. The Morgan fingerprint density at radius 1 is 1.05 bits per heavy atom. The molecule has 0 saturated heterocycles. The number of pyridine rings is 2. The fourth-order valence-corrected chi connectivity index (χ4v) is 4.60. The van der Waals surface area contributed by atoms with Crippen LogP contribution >= 0.6 is 23.2 Å². The van der Waals surface area contributed by atoms with Crippen molar-refractivity contribution in [1.29, 1.82) is 5.26 Å². The van der Waals surface area contributed by atoms with E-state index in [1.807, 2.05) is 6.07 Å². The molecule has 1 atom stereocenters. The highest BCUT2D eigenvalue weighted by Gasteiger charge is 2.27. The van der Waals surface area contributed by atoms with Crippen LogP contribution in [-0.4, -0.2) is 25.0 Å². The zero-order valence-electron chi connectivity index (χ0n) is 21.3. The number of fused-ring (bicyclic) bond motifs is 1. The van der Waals surface area contributed by atoms with Crippen molar-refractivity contribution in [2.45, 2.75) is 24.9 Å². The maximum atomic E-state index is 14.8. The SMILES string of the molecule is [2H][C@](Nc1cc(Cl)c2ncc(C#N)c(Nc3c(F)ccc(Cl)c3F)c2c1)(c1ccc(F)nc1)c1cn(C2CC2)nn1. The van der Waals surface area contributed by atoms with E-state index in [0.717, 1.165) is 31.0 Å². The molecule has 40 heavy (non-hydrogen) atoms. The van der Waals surface area contributed by atoms with Crippen LogP contribution in [0.4, 0.5) is 30.2 Å². The Balaban J connectivity index is 1.50. The number of nitriles is 1. The molecule has 0 radical (unpaired) electrons. The first-order chi connectivity index (χ1) is 19.7. The summed E-state index contributed by atoms with van der Waals surface area (Å²) in [6.07, 6.45) is 5.95. The normalized spacial score (nSPS) is 14.8. The lowest BCUT2D eigenvalue weighted by Crippen LogP contribution is -2.14. The van der Waals surface area contributed by atoms with E-state index in [4.69, 9.17) is 23.2 Å². The monoisotopic (exact) mass is 581 g/mol. The molecule has 1 aliphatic rings. The largest absolute Gasteiger partial charge is 0.373 e. The molecule has 1 aliphatic carbocycles.